The predicted octanol–water partition coefficient (Wildman–Crippen LogP) is 3.69. The second-order valence-corrected chi connectivity index (χ2v) is 8.91. The van der Waals surface area contributed by atoms with Crippen molar-refractivity contribution < 1.29 is 4.79 Å². The summed E-state index contributed by atoms with van der Waals surface area (Å²) in [7, 11) is 0. The number of anilines is 1. The van der Waals surface area contributed by atoms with Crippen LogP contribution in [0.2, 0.25) is 0 Å². The van der Waals surface area contributed by atoms with Crippen LogP contribution in [0.5, 0.6) is 0 Å². The van der Waals surface area contributed by atoms with E-state index in [2.05, 4.69) is 33.3 Å². The van der Waals surface area contributed by atoms with Crippen molar-refractivity contribution in [3.63, 3.8) is 0 Å². The highest BCUT2D eigenvalue weighted by molar-refractivity contribution is 5.85. The van der Waals surface area contributed by atoms with Crippen molar-refractivity contribution in [1.82, 2.24) is 9.80 Å². The molecule has 1 amide bonds. The first-order chi connectivity index (χ1) is 12.8. The van der Waals surface area contributed by atoms with E-state index in [1.54, 1.807) is 0 Å². The summed E-state index contributed by atoms with van der Waals surface area (Å²) in [6.45, 7) is 6.43. The number of rotatable bonds is 3. The van der Waals surface area contributed by atoms with Crippen LogP contribution in [0.15, 0.2) is 18.2 Å². The number of nitrogens with zero attached hydrogens (tertiary/aromatic N) is 2. The van der Waals surface area contributed by atoms with Crippen LogP contribution in [0.4, 0.5) is 5.69 Å². The molecule has 148 valence electrons. The van der Waals surface area contributed by atoms with Crippen LogP contribution in [0.25, 0.3) is 0 Å². The maximum absolute atomic E-state index is 12.8. The summed E-state index contributed by atoms with van der Waals surface area (Å²) in [4.78, 5) is 17.6. The SMILES string of the molecule is Cl.O=C(C1CC12CCN(Cc1cccc3c1NCC3)CC2)N1CCCCC1. The minimum atomic E-state index is 0. The van der Waals surface area contributed by atoms with E-state index >= 15 is 0 Å². The normalized spacial score (nSPS) is 26.2. The monoisotopic (exact) mass is 389 g/mol. The van der Waals surface area contributed by atoms with Crippen molar-refractivity contribution in [1.29, 1.82) is 0 Å². The third-order valence-electron chi connectivity index (χ3n) is 7.33. The summed E-state index contributed by atoms with van der Waals surface area (Å²) >= 11 is 0. The number of carbonyl (C=O) groups excluding carboxylic acids is 1. The second-order valence-electron chi connectivity index (χ2n) is 8.91. The largest absolute Gasteiger partial charge is 0.384 e. The molecule has 4 nitrogen and oxygen atoms in total. The lowest BCUT2D eigenvalue weighted by Gasteiger charge is -2.34. The lowest BCUT2D eigenvalue weighted by atomic mass is 9.90. The number of fused-ring (bicyclic) bond motifs is 1. The molecule has 0 radical (unpaired) electrons. The van der Waals surface area contributed by atoms with Crippen LogP contribution >= 0.6 is 12.4 Å². The van der Waals surface area contributed by atoms with Gasteiger partial charge in [-0.1, -0.05) is 18.2 Å². The van der Waals surface area contributed by atoms with Gasteiger partial charge in [-0.15, -0.1) is 12.4 Å². The molecule has 1 aliphatic carbocycles. The molecule has 27 heavy (non-hydrogen) atoms. The predicted molar refractivity (Wildman–Crippen MR) is 111 cm³/mol. The molecule has 0 bridgehead atoms. The van der Waals surface area contributed by atoms with E-state index in [4.69, 9.17) is 0 Å². The zero-order chi connectivity index (χ0) is 17.6. The average Bonchev–Trinajstić information content (AvgIpc) is 3.15. The molecule has 1 aromatic carbocycles. The maximum Gasteiger partial charge on any atom is 0.226 e. The van der Waals surface area contributed by atoms with Crippen molar-refractivity contribution in [2.75, 3.05) is 38.0 Å². The highest BCUT2D eigenvalue weighted by atomic mass is 35.5. The van der Waals surface area contributed by atoms with E-state index in [-0.39, 0.29) is 12.4 Å². The van der Waals surface area contributed by atoms with Gasteiger partial charge in [-0.25, -0.2) is 0 Å². The van der Waals surface area contributed by atoms with Gasteiger partial charge >= 0.3 is 0 Å². The Kier molecular flexibility index (Phi) is 5.39. The van der Waals surface area contributed by atoms with Crippen LogP contribution in [0.1, 0.15) is 49.7 Å². The third kappa shape index (κ3) is 3.58. The number of likely N-dealkylation sites (tertiary alicyclic amines) is 2. The summed E-state index contributed by atoms with van der Waals surface area (Å²) in [5.41, 5.74) is 4.66. The molecule has 1 unspecified atom stereocenters. The Labute approximate surface area is 169 Å². The second kappa shape index (κ2) is 7.63. The number of nitrogens with one attached hydrogen (secondary N) is 1. The first-order valence-corrected chi connectivity index (χ1v) is 10.6. The highest BCUT2D eigenvalue weighted by Crippen LogP contribution is 2.60. The Hall–Kier alpha value is -1.26. The van der Waals surface area contributed by atoms with Crippen LogP contribution in [0, 0.1) is 11.3 Å². The first-order valence-electron chi connectivity index (χ1n) is 10.6. The van der Waals surface area contributed by atoms with Crippen LogP contribution < -0.4 is 5.32 Å². The van der Waals surface area contributed by atoms with Crippen molar-refractivity contribution in [3.8, 4) is 0 Å². The Morgan fingerprint density at radius 2 is 1.89 bits per heavy atom. The fourth-order valence-electron chi connectivity index (χ4n) is 5.52. The van der Waals surface area contributed by atoms with Crippen LogP contribution in [0.3, 0.4) is 0 Å². The van der Waals surface area contributed by atoms with Crippen LogP contribution in [-0.2, 0) is 17.8 Å². The van der Waals surface area contributed by atoms with Gasteiger partial charge in [0.05, 0.1) is 0 Å². The average molecular weight is 390 g/mol. The quantitative estimate of drug-likeness (QED) is 0.856. The van der Waals surface area contributed by atoms with Crippen molar-refractivity contribution in [3.05, 3.63) is 29.3 Å². The number of para-hydroxylation sites is 1. The molecule has 3 aliphatic heterocycles. The number of hydrogen-bond acceptors (Lipinski definition) is 3. The molecule has 1 atom stereocenters. The molecule has 3 heterocycles. The molecular weight excluding hydrogens is 358 g/mol. The molecule has 4 aliphatic rings. The molecule has 1 saturated carbocycles. The van der Waals surface area contributed by atoms with E-state index in [9.17, 15) is 4.79 Å². The third-order valence-corrected chi connectivity index (χ3v) is 7.33. The number of carbonyl (C=O) groups is 1. The topological polar surface area (TPSA) is 35.6 Å². The molecule has 5 heteroatoms. The van der Waals surface area contributed by atoms with Crippen molar-refractivity contribution in [2.45, 2.75) is 51.5 Å². The lowest BCUT2D eigenvalue weighted by molar-refractivity contribution is -0.134. The minimum Gasteiger partial charge on any atom is -0.384 e. The summed E-state index contributed by atoms with van der Waals surface area (Å²) in [6, 6.07) is 6.74. The van der Waals surface area contributed by atoms with Gasteiger partial charge in [0.1, 0.15) is 0 Å². The number of amides is 1. The van der Waals surface area contributed by atoms with Gasteiger partial charge in [0, 0.05) is 37.8 Å². The fourth-order valence-corrected chi connectivity index (χ4v) is 5.52. The van der Waals surface area contributed by atoms with E-state index in [1.807, 2.05) is 0 Å². The zero-order valence-electron chi connectivity index (χ0n) is 16.2. The van der Waals surface area contributed by atoms with Crippen molar-refractivity contribution >= 4 is 24.0 Å². The standard InChI is InChI=1S/C22H31N3O.ClH/c26-21(25-11-2-1-3-12-25)19-15-22(19)8-13-24(14-9-22)16-18-6-4-5-17-7-10-23-20(17)18;/h4-6,19,23H,1-3,7-16H2;1H. The zero-order valence-corrected chi connectivity index (χ0v) is 17.0. The summed E-state index contributed by atoms with van der Waals surface area (Å²) < 4.78 is 0. The molecule has 0 aromatic heterocycles. The summed E-state index contributed by atoms with van der Waals surface area (Å²) in [5.74, 6) is 0.814. The van der Waals surface area contributed by atoms with E-state index in [1.165, 1.54) is 48.9 Å². The molecule has 1 N–H and O–H groups in total. The van der Waals surface area contributed by atoms with Gasteiger partial charge in [0.25, 0.3) is 0 Å². The fraction of sp³-hybridized carbons (Fsp3) is 0.682. The number of hydrogen-bond donors (Lipinski definition) is 1. The van der Waals surface area contributed by atoms with E-state index < -0.39 is 0 Å². The Balaban J connectivity index is 0.00000180. The summed E-state index contributed by atoms with van der Waals surface area (Å²) in [6.07, 6.45) is 8.43. The molecule has 1 aromatic rings. The Morgan fingerprint density at radius 1 is 1.11 bits per heavy atom. The molecular formula is C22H32ClN3O. The van der Waals surface area contributed by atoms with E-state index in [0.717, 1.165) is 52.1 Å². The van der Waals surface area contributed by atoms with Gasteiger partial charge in [0.15, 0.2) is 0 Å². The summed E-state index contributed by atoms with van der Waals surface area (Å²) in [5, 5.41) is 3.57. The number of benzene rings is 1. The van der Waals surface area contributed by atoms with Gasteiger partial charge in [-0.05, 0) is 74.6 Å². The first kappa shape index (κ1) is 19.1. The molecule has 5 rings (SSSR count). The Bertz CT molecular complexity index is 693. The number of piperidine rings is 2. The Morgan fingerprint density at radius 3 is 2.67 bits per heavy atom. The molecule has 1 spiro atoms. The van der Waals surface area contributed by atoms with Gasteiger partial charge < -0.3 is 10.2 Å². The highest BCUT2D eigenvalue weighted by Gasteiger charge is 2.59. The minimum absolute atomic E-state index is 0. The smallest absolute Gasteiger partial charge is 0.226 e. The molecule has 3 fully saturated rings. The van der Waals surface area contributed by atoms with Gasteiger partial charge in [-0.3, -0.25) is 9.69 Å². The van der Waals surface area contributed by atoms with Crippen molar-refractivity contribution in [2.24, 2.45) is 11.3 Å². The molecule has 2 saturated heterocycles. The lowest BCUT2D eigenvalue weighted by Crippen LogP contribution is -2.40. The van der Waals surface area contributed by atoms with Crippen LogP contribution in [-0.4, -0.2) is 48.4 Å². The van der Waals surface area contributed by atoms with E-state index in [0.29, 0.717) is 17.2 Å². The van der Waals surface area contributed by atoms with Gasteiger partial charge in [-0.2, -0.15) is 0 Å². The number of halogens is 1. The maximum atomic E-state index is 12.8. The van der Waals surface area contributed by atoms with Gasteiger partial charge in [0.2, 0.25) is 5.91 Å².